The first-order valence-electron chi connectivity index (χ1n) is 17.8. The molecule has 0 aliphatic carbocycles. The topological polar surface area (TPSA) is 35.1 Å². The predicted molar refractivity (Wildman–Crippen MR) is 217 cm³/mol. The van der Waals surface area contributed by atoms with Crippen LogP contribution in [0.25, 0.3) is 110 Å². The van der Waals surface area contributed by atoms with Crippen LogP contribution < -0.4 is 0 Å². The van der Waals surface area contributed by atoms with Crippen LogP contribution in [0.4, 0.5) is 0 Å². The standard InChI is InChI=1S/C48H28N4/c1-2-12-29(13-3-1)32-24-25-43-37(27-32)39-28-38-34-16-7-10-20-41(34)51-42-21-11-8-18-36(42)44(46(38)51)47(39)52(43)48-49-40-19-9-6-17-35(40)45(50-48)33-23-22-30-14-4-5-15-31(30)26-33/h1-28H. The van der Waals surface area contributed by atoms with Crippen molar-refractivity contribution >= 4 is 81.6 Å². The lowest BCUT2D eigenvalue weighted by atomic mass is 10.0. The fourth-order valence-corrected chi connectivity index (χ4v) is 8.75. The number of fused-ring (bicyclic) bond motifs is 12. The van der Waals surface area contributed by atoms with E-state index in [-0.39, 0.29) is 0 Å². The molecule has 0 amide bonds. The zero-order valence-electron chi connectivity index (χ0n) is 28.0. The third kappa shape index (κ3) is 3.70. The van der Waals surface area contributed by atoms with Gasteiger partial charge in [-0.25, -0.2) is 9.97 Å². The fraction of sp³-hybridized carbons (Fsp3) is 0. The van der Waals surface area contributed by atoms with Crippen LogP contribution in [-0.2, 0) is 0 Å². The number of rotatable bonds is 3. The van der Waals surface area contributed by atoms with Crippen LogP contribution in [0.15, 0.2) is 170 Å². The number of aromatic nitrogens is 4. The van der Waals surface area contributed by atoms with Gasteiger partial charge in [0.15, 0.2) is 0 Å². The van der Waals surface area contributed by atoms with E-state index in [4.69, 9.17) is 9.97 Å². The first kappa shape index (κ1) is 27.7. The highest BCUT2D eigenvalue weighted by Crippen LogP contribution is 2.47. The van der Waals surface area contributed by atoms with Crippen LogP contribution in [0.1, 0.15) is 0 Å². The third-order valence-electron chi connectivity index (χ3n) is 11.0. The van der Waals surface area contributed by atoms with Crippen molar-refractivity contribution in [1.29, 1.82) is 0 Å². The molecule has 0 N–H and O–H groups in total. The van der Waals surface area contributed by atoms with E-state index in [1.807, 2.05) is 0 Å². The lowest BCUT2D eigenvalue weighted by molar-refractivity contribution is 1.02. The Bertz CT molecular complexity index is 3410. The Morgan fingerprint density at radius 2 is 1.04 bits per heavy atom. The number of hydrogen-bond donors (Lipinski definition) is 0. The maximum Gasteiger partial charge on any atom is 0.235 e. The molecule has 52 heavy (non-hydrogen) atoms. The summed E-state index contributed by atoms with van der Waals surface area (Å²) in [6, 6.07) is 61.1. The van der Waals surface area contributed by atoms with Crippen molar-refractivity contribution in [2.75, 3.05) is 0 Å². The second-order valence-corrected chi connectivity index (χ2v) is 13.8. The van der Waals surface area contributed by atoms with Crippen molar-refractivity contribution in [2.24, 2.45) is 0 Å². The SMILES string of the molecule is c1ccc(-c2ccc3c(c2)c2cc4c5ccccc5n5c6ccccc6c(c2n3-c2nc(-c3ccc6ccccc6c3)c3ccccc3n2)c45)cc1. The highest BCUT2D eigenvalue weighted by atomic mass is 15.2. The van der Waals surface area contributed by atoms with Gasteiger partial charge in [-0.3, -0.25) is 4.57 Å². The zero-order chi connectivity index (χ0) is 33.9. The number of nitrogens with zero attached hydrogens (tertiary/aromatic N) is 4. The highest BCUT2D eigenvalue weighted by molar-refractivity contribution is 6.34. The third-order valence-corrected chi connectivity index (χ3v) is 11.0. The molecule has 0 saturated carbocycles. The Labute approximate surface area is 297 Å². The van der Waals surface area contributed by atoms with E-state index >= 15 is 0 Å². The van der Waals surface area contributed by atoms with Crippen molar-refractivity contribution in [2.45, 2.75) is 0 Å². The van der Waals surface area contributed by atoms with E-state index in [1.54, 1.807) is 0 Å². The molecule has 4 aromatic heterocycles. The second-order valence-electron chi connectivity index (χ2n) is 13.8. The van der Waals surface area contributed by atoms with E-state index in [1.165, 1.54) is 70.8 Å². The predicted octanol–water partition coefficient (Wildman–Crippen LogP) is 12.4. The van der Waals surface area contributed by atoms with Crippen molar-refractivity contribution in [3.05, 3.63) is 170 Å². The van der Waals surface area contributed by atoms with Crippen LogP contribution in [-0.4, -0.2) is 18.9 Å². The van der Waals surface area contributed by atoms with E-state index in [0.29, 0.717) is 5.95 Å². The molecule has 0 fully saturated rings. The van der Waals surface area contributed by atoms with Crippen molar-refractivity contribution in [1.82, 2.24) is 18.9 Å². The summed E-state index contributed by atoms with van der Waals surface area (Å²) in [5.74, 6) is 0.664. The Kier molecular flexibility index (Phi) is 5.47. The monoisotopic (exact) mass is 660 g/mol. The maximum atomic E-state index is 5.52. The quantitative estimate of drug-likeness (QED) is 0.189. The van der Waals surface area contributed by atoms with Crippen LogP contribution >= 0.6 is 0 Å². The van der Waals surface area contributed by atoms with E-state index in [9.17, 15) is 0 Å². The van der Waals surface area contributed by atoms with Crippen LogP contribution in [0, 0.1) is 0 Å². The molecule has 12 rings (SSSR count). The maximum absolute atomic E-state index is 5.52. The van der Waals surface area contributed by atoms with Crippen LogP contribution in [0.3, 0.4) is 0 Å². The minimum atomic E-state index is 0.664. The van der Waals surface area contributed by atoms with E-state index in [0.717, 1.165) is 33.2 Å². The van der Waals surface area contributed by atoms with Gasteiger partial charge in [-0.2, -0.15) is 0 Å². The molecule has 4 nitrogen and oxygen atoms in total. The molecular formula is C48H28N4. The Balaban J connectivity index is 1.28. The summed E-state index contributed by atoms with van der Waals surface area (Å²) < 4.78 is 4.78. The summed E-state index contributed by atoms with van der Waals surface area (Å²) in [6.07, 6.45) is 0. The molecule has 8 aromatic carbocycles. The van der Waals surface area contributed by atoms with Crippen molar-refractivity contribution in [3.8, 4) is 28.3 Å². The molecule has 0 bridgehead atoms. The van der Waals surface area contributed by atoms with Gasteiger partial charge >= 0.3 is 0 Å². The smallest absolute Gasteiger partial charge is 0.235 e. The molecule has 0 radical (unpaired) electrons. The molecule has 0 atom stereocenters. The van der Waals surface area contributed by atoms with E-state index < -0.39 is 0 Å². The molecule has 240 valence electrons. The van der Waals surface area contributed by atoms with Gasteiger partial charge in [0.2, 0.25) is 5.95 Å². The first-order chi connectivity index (χ1) is 25.8. The molecular weight excluding hydrogens is 633 g/mol. The summed E-state index contributed by atoms with van der Waals surface area (Å²) in [6.45, 7) is 0. The Hall–Kier alpha value is -7.04. The first-order valence-corrected chi connectivity index (χ1v) is 17.8. The molecule has 0 aliphatic rings. The van der Waals surface area contributed by atoms with Gasteiger partial charge in [-0.15, -0.1) is 0 Å². The van der Waals surface area contributed by atoms with E-state index in [2.05, 4.69) is 179 Å². The lowest BCUT2D eigenvalue weighted by Crippen LogP contribution is -2.03. The normalized spacial score (nSPS) is 12.2. The van der Waals surface area contributed by atoms with Gasteiger partial charge < -0.3 is 4.40 Å². The summed E-state index contributed by atoms with van der Waals surface area (Å²) in [5, 5.41) is 10.8. The molecule has 0 unspecified atom stereocenters. The van der Waals surface area contributed by atoms with Gasteiger partial charge in [-0.1, -0.05) is 127 Å². The van der Waals surface area contributed by atoms with Crippen molar-refractivity contribution < 1.29 is 0 Å². The summed E-state index contributed by atoms with van der Waals surface area (Å²) in [7, 11) is 0. The number of hydrogen-bond acceptors (Lipinski definition) is 2. The second kappa shape index (κ2) is 10.3. The minimum Gasteiger partial charge on any atom is -0.308 e. The van der Waals surface area contributed by atoms with Gasteiger partial charge in [0.05, 0.1) is 38.8 Å². The average Bonchev–Trinajstić information content (AvgIpc) is 3.85. The molecule has 0 saturated heterocycles. The van der Waals surface area contributed by atoms with Gasteiger partial charge in [-0.05, 0) is 64.4 Å². The molecule has 4 heteroatoms. The van der Waals surface area contributed by atoms with Gasteiger partial charge in [0, 0.05) is 43.3 Å². The minimum absolute atomic E-state index is 0.664. The van der Waals surface area contributed by atoms with Gasteiger partial charge in [0.1, 0.15) is 0 Å². The molecule has 0 aliphatic heterocycles. The summed E-state index contributed by atoms with van der Waals surface area (Å²) in [5.41, 5.74) is 11.2. The largest absolute Gasteiger partial charge is 0.308 e. The molecule has 4 heterocycles. The number of benzene rings is 8. The lowest BCUT2D eigenvalue weighted by Gasteiger charge is -2.13. The average molecular weight is 661 g/mol. The Morgan fingerprint density at radius 1 is 0.365 bits per heavy atom. The zero-order valence-corrected chi connectivity index (χ0v) is 28.0. The summed E-state index contributed by atoms with van der Waals surface area (Å²) in [4.78, 5) is 10.9. The van der Waals surface area contributed by atoms with Crippen LogP contribution in [0.2, 0.25) is 0 Å². The highest BCUT2D eigenvalue weighted by Gasteiger charge is 2.26. The molecule has 12 aromatic rings. The Morgan fingerprint density at radius 3 is 1.90 bits per heavy atom. The van der Waals surface area contributed by atoms with Crippen LogP contribution in [0.5, 0.6) is 0 Å². The van der Waals surface area contributed by atoms with Gasteiger partial charge in [0.25, 0.3) is 0 Å². The molecule has 0 spiro atoms. The summed E-state index contributed by atoms with van der Waals surface area (Å²) >= 11 is 0. The fourth-order valence-electron chi connectivity index (χ4n) is 8.75. The van der Waals surface area contributed by atoms with Crippen molar-refractivity contribution in [3.63, 3.8) is 0 Å². The number of para-hydroxylation sites is 3.